The number of pyridine rings is 1. The van der Waals surface area contributed by atoms with Crippen molar-refractivity contribution < 1.29 is 9.59 Å². The molecule has 0 saturated carbocycles. The standard InChI is InChI=1S/C12H18N4O2/c1-3-14-11(17)5-7-16-12(18)9-4-6-15-10(8-9)13-2/h4,6,8H,3,5,7H2,1-2H3,(H,13,15)(H,14,17)(H,16,18). The zero-order valence-electron chi connectivity index (χ0n) is 10.6. The van der Waals surface area contributed by atoms with Crippen LogP contribution in [-0.2, 0) is 4.79 Å². The zero-order chi connectivity index (χ0) is 13.4. The summed E-state index contributed by atoms with van der Waals surface area (Å²) in [5.41, 5.74) is 0.519. The molecule has 0 radical (unpaired) electrons. The van der Waals surface area contributed by atoms with Crippen LogP contribution in [0.4, 0.5) is 5.82 Å². The van der Waals surface area contributed by atoms with Crippen molar-refractivity contribution >= 4 is 17.6 Å². The first-order valence-corrected chi connectivity index (χ1v) is 5.86. The molecule has 6 nitrogen and oxygen atoms in total. The average molecular weight is 250 g/mol. The normalized spacial score (nSPS) is 9.67. The van der Waals surface area contributed by atoms with Crippen molar-refractivity contribution in [1.29, 1.82) is 0 Å². The molecule has 6 heteroatoms. The predicted octanol–water partition coefficient (Wildman–Crippen LogP) is 0.379. The van der Waals surface area contributed by atoms with E-state index in [0.29, 0.717) is 24.5 Å². The Morgan fingerprint density at radius 3 is 2.78 bits per heavy atom. The summed E-state index contributed by atoms with van der Waals surface area (Å²) in [6.45, 7) is 2.78. The minimum atomic E-state index is -0.210. The van der Waals surface area contributed by atoms with Gasteiger partial charge in [-0.3, -0.25) is 9.59 Å². The molecule has 1 aromatic rings. The second kappa shape index (κ2) is 7.26. The van der Waals surface area contributed by atoms with Crippen molar-refractivity contribution in [3.8, 4) is 0 Å². The monoisotopic (exact) mass is 250 g/mol. The molecule has 0 bridgehead atoms. The summed E-state index contributed by atoms with van der Waals surface area (Å²) in [5, 5.41) is 8.21. The molecule has 1 aromatic heterocycles. The number of carbonyl (C=O) groups excluding carboxylic acids is 2. The Hall–Kier alpha value is -2.11. The van der Waals surface area contributed by atoms with Crippen LogP contribution in [0.3, 0.4) is 0 Å². The summed E-state index contributed by atoms with van der Waals surface area (Å²) in [6, 6.07) is 3.28. The number of amides is 2. The Balaban J connectivity index is 2.42. The Kier molecular flexibility index (Phi) is 5.63. The lowest BCUT2D eigenvalue weighted by atomic mass is 10.2. The van der Waals surface area contributed by atoms with Crippen molar-refractivity contribution in [3.63, 3.8) is 0 Å². The van der Waals surface area contributed by atoms with E-state index in [9.17, 15) is 9.59 Å². The number of carbonyl (C=O) groups is 2. The first kappa shape index (κ1) is 14.0. The van der Waals surface area contributed by atoms with E-state index in [0.717, 1.165) is 0 Å². The summed E-state index contributed by atoms with van der Waals surface area (Å²) in [6.07, 6.45) is 1.84. The maximum Gasteiger partial charge on any atom is 0.251 e. The van der Waals surface area contributed by atoms with E-state index in [1.54, 1.807) is 25.4 Å². The molecule has 98 valence electrons. The number of nitrogens with zero attached hydrogens (tertiary/aromatic N) is 1. The second-order valence-electron chi connectivity index (χ2n) is 3.64. The Morgan fingerprint density at radius 1 is 1.33 bits per heavy atom. The summed E-state index contributed by atoms with van der Waals surface area (Å²) in [7, 11) is 1.74. The molecule has 3 N–H and O–H groups in total. The second-order valence-corrected chi connectivity index (χ2v) is 3.64. The van der Waals surface area contributed by atoms with E-state index in [4.69, 9.17) is 0 Å². The van der Waals surface area contributed by atoms with Gasteiger partial charge in [-0.05, 0) is 19.1 Å². The number of nitrogens with one attached hydrogen (secondary N) is 3. The van der Waals surface area contributed by atoms with Crippen LogP contribution in [0.25, 0.3) is 0 Å². The van der Waals surface area contributed by atoms with Gasteiger partial charge < -0.3 is 16.0 Å². The fourth-order valence-electron chi connectivity index (χ4n) is 1.39. The first-order chi connectivity index (χ1) is 8.67. The van der Waals surface area contributed by atoms with Gasteiger partial charge in [0.1, 0.15) is 5.82 Å². The molecule has 18 heavy (non-hydrogen) atoms. The quantitative estimate of drug-likeness (QED) is 0.681. The fraction of sp³-hybridized carbons (Fsp3) is 0.417. The van der Waals surface area contributed by atoms with Gasteiger partial charge in [0.15, 0.2) is 0 Å². The first-order valence-electron chi connectivity index (χ1n) is 5.86. The van der Waals surface area contributed by atoms with Gasteiger partial charge in [-0.1, -0.05) is 0 Å². The van der Waals surface area contributed by atoms with Gasteiger partial charge in [0.2, 0.25) is 5.91 Å². The lowest BCUT2D eigenvalue weighted by molar-refractivity contribution is -0.120. The fourth-order valence-corrected chi connectivity index (χ4v) is 1.39. The summed E-state index contributed by atoms with van der Waals surface area (Å²) in [4.78, 5) is 27.0. The van der Waals surface area contributed by atoms with Crippen molar-refractivity contribution in [1.82, 2.24) is 15.6 Å². The van der Waals surface area contributed by atoms with Crippen molar-refractivity contribution in [2.45, 2.75) is 13.3 Å². The highest BCUT2D eigenvalue weighted by atomic mass is 16.2. The van der Waals surface area contributed by atoms with Crippen LogP contribution in [-0.4, -0.2) is 36.9 Å². The van der Waals surface area contributed by atoms with Gasteiger partial charge in [-0.2, -0.15) is 0 Å². The van der Waals surface area contributed by atoms with Crippen LogP contribution in [0, 0.1) is 0 Å². The predicted molar refractivity (Wildman–Crippen MR) is 69.4 cm³/mol. The van der Waals surface area contributed by atoms with E-state index in [1.807, 2.05) is 6.92 Å². The number of aromatic nitrogens is 1. The van der Waals surface area contributed by atoms with E-state index in [-0.39, 0.29) is 18.2 Å². The van der Waals surface area contributed by atoms with Gasteiger partial charge >= 0.3 is 0 Å². The molecular weight excluding hydrogens is 232 g/mol. The van der Waals surface area contributed by atoms with Crippen LogP contribution in [0.1, 0.15) is 23.7 Å². The molecule has 1 heterocycles. The van der Waals surface area contributed by atoms with Crippen molar-refractivity contribution in [2.24, 2.45) is 0 Å². The number of rotatable bonds is 6. The van der Waals surface area contributed by atoms with Crippen LogP contribution in [0.5, 0.6) is 0 Å². The average Bonchev–Trinajstić information content (AvgIpc) is 2.39. The van der Waals surface area contributed by atoms with Gasteiger partial charge in [0, 0.05) is 38.3 Å². The van der Waals surface area contributed by atoms with Crippen molar-refractivity contribution in [2.75, 3.05) is 25.5 Å². The highest BCUT2D eigenvalue weighted by molar-refractivity contribution is 5.95. The molecule has 1 rings (SSSR count). The molecule has 0 spiro atoms. The largest absolute Gasteiger partial charge is 0.373 e. The van der Waals surface area contributed by atoms with Crippen LogP contribution >= 0.6 is 0 Å². The molecule has 0 fully saturated rings. The van der Waals surface area contributed by atoms with Crippen molar-refractivity contribution in [3.05, 3.63) is 23.9 Å². The molecule has 0 atom stereocenters. The van der Waals surface area contributed by atoms with Crippen LogP contribution in [0.15, 0.2) is 18.3 Å². The Morgan fingerprint density at radius 2 is 2.11 bits per heavy atom. The summed E-state index contributed by atoms with van der Waals surface area (Å²) in [5.74, 6) is 0.355. The molecule has 0 aliphatic heterocycles. The van der Waals surface area contributed by atoms with E-state index < -0.39 is 0 Å². The van der Waals surface area contributed by atoms with E-state index in [1.165, 1.54) is 0 Å². The van der Waals surface area contributed by atoms with E-state index >= 15 is 0 Å². The molecule has 0 saturated heterocycles. The zero-order valence-corrected chi connectivity index (χ0v) is 10.6. The number of hydrogen-bond acceptors (Lipinski definition) is 4. The summed E-state index contributed by atoms with van der Waals surface area (Å²) < 4.78 is 0. The molecule has 0 aliphatic carbocycles. The van der Waals surface area contributed by atoms with Crippen LogP contribution in [0.2, 0.25) is 0 Å². The number of anilines is 1. The third-order valence-electron chi connectivity index (χ3n) is 2.29. The maximum absolute atomic E-state index is 11.8. The summed E-state index contributed by atoms with van der Waals surface area (Å²) >= 11 is 0. The third kappa shape index (κ3) is 4.40. The number of hydrogen-bond donors (Lipinski definition) is 3. The third-order valence-corrected chi connectivity index (χ3v) is 2.29. The molecule has 2 amide bonds. The van der Waals surface area contributed by atoms with Gasteiger partial charge in [-0.25, -0.2) is 4.98 Å². The lowest BCUT2D eigenvalue weighted by Gasteiger charge is -2.06. The van der Waals surface area contributed by atoms with Gasteiger partial charge in [0.25, 0.3) is 5.91 Å². The Labute approximate surface area is 106 Å². The molecular formula is C12H18N4O2. The smallest absolute Gasteiger partial charge is 0.251 e. The molecule has 0 aliphatic rings. The lowest BCUT2D eigenvalue weighted by Crippen LogP contribution is -2.30. The SMILES string of the molecule is CCNC(=O)CCNC(=O)c1ccnc(NC)c1. The highest BCUT2D eigenvalue weighted by Gasteiger charge is 2.07. The van der Waals surface area contributed by atoms with E-state index in [2.05, 4.69) is 20.9 Å². The molecule has 0 unspecified atom stereocenters. The highest BCUT2D eigenvalue weighted by Crippen LogP contribution is 2.05. The topological polar surface area (TPSA) is 83.1 Å². The van der Waals surface area contributed by atoms with Gasteiger partial charge in [0.05, 0.1) is 0 Å². The van der Waals surface area contributed by atoms with Gasteiger partial charge in [-0.15, -0.1) is 0 Å². The van der Waals surface area contributed by atoms with Crippen LogP contribution < -0.4 is 16.0 Å². The minimum absolute atomic E-state index is 0.0663. The minimum Gasteiger partial charge on any atom is -0.373 e. The molecule has 0 aromatic carbocycles. The maximum atomic E-state index is 11.8. The Bertz CT molecular complexity index is 420.